The summed E-state index contributed by atoms with van der Waals surface area (Å²) in [6, 6.07) is 3.39. The lowest BCUT2D eigenvalue weighted by Crippen LogP contribution is -2.67. The average molecular weight is 519 g/mol. The van der Waals surface area contributed by atoms with E-state index in [0.29, 0.717) is 5.56 Å². The van der Waals surface area contributed by atoms with Gasteiger partial charge in [0.15, 0.2) is 17.2 Å². The standard InChI is InChI=1S/C26H34N2O9/c1-6-16(31)37-22-17-11(2)13-8-7-9-15(30)18(13)21(32)19(17)24(34)26(36,23(33)12(3)25(27)35)20(22)14(10-29)28(4)5/h7-9,11-12,14,17,20,22,29-30,34,36H,6,10H2,1-5H3,(H2,27,35)/t11-,12?,14?,17+,20?,22-,26+/m0/s1. The summed E-state index contributed by atoms with van der Waals surface area (Å²) in [5.41, 5.74) is 2.32. The van der Waals surface area contributed by atoms with Crippen LogP contribution in [0.5, 0.6) is 5.75 Å². The highest BCUT2D eigenvalue weighted by Gasteiger charge is 2.65. The number of esters is 1. The molecule has 0 saturated carbocycles. The minimum Gasteiger partial charge on any atom is -0.508 e. The van der Waals surface area contributed by atoms with Crippen molar-refractivity contribution in [3.05, 3.63) is 40.7 Å². The number of ether oxygens (including phenoxy) is 1. The van der Waals surface area contributed by atoms with Crippen LogP contribution in [0, 0.1) is 17.8 Å². The highest BCUT2D eigenvalue weighted by atomic mass is 16.5. The molecule has 0 heterocycles. The van der Waals surface area contributed by atoms with Crippen molar-refractivity contribution in [3.8, 4) is 5.75 Å². The fraction of sp³-hybridized carbons (Fsp3) is 0.538. The SMILES string of the molecule is CCC(=O)O[C@@H]1C(C(CO)N(C)C)[C@@](O)(C(=O)C(C)C(N)=O)C(O)=C2C(=O)c3c(O)cccc3[C@H](C)[C@H]21. The summed E-state index contributed by atoms with van der Waals surface area (Å²) in [4.78, 5) is 53.5. The van der Waals surface area contributed by atoms with Crippen LogP contribution in [0.2, 0.25) is 0 Å². The number of nitrogens with two attached hydrogens (primary N) is 1. The number of ketones is 2. The molecule has 3 unspecified atom stereocenters. The van der Waals surface area contributed by atoms with Gasteiger partial charge in [-0.05, 0) is 38.6 Å². The number of carbonyl (C=O) groups excluding carboxylic acids is 4. The predicted molar refractivity (Wildman–Crippen MR) is 131 cm³/mol. The number of fused-ring (bicyclic) bond motifs is 2. The lowest BCUT2D eigenvalue weighted by atomic mass is 9.56. The second kappa shape index (κ2) is 10.2. The van der Waals surface area contributed by atoms with Gasteiger partial charge in [0.1, 0.15) is 17.6 Å². The van der Waals surface area contributed by atoms with Crippen molar-refractivity contribution in [2.75, 3.05) is 20.7 Å². The number of phenolic OH excluding ortho intramolecular Hbond substituents is 1. The zero-order chi connectivity index (χ0) is 28.0. The maximum absolute atomic E-state index is 13.7. The number of aliphatic hydroxyl groups is 3. The molecule has 7 atom stereocenters. The summed E-state index contributed by atoms with van der Waals surface area (Å²) < 4.78 is 5.79. The van der Waals surface area contributed by atoms with Crippen LogP contribution in [0.3, 0.4) is 0 Å². The molecule has 37 heavy (non-hydrogen) atoms. The number of primary amides is 1. The largest absolute Gasteiger partial charge is 0.508 e. The van der Waals surface area contributed by atoms with Crippen LogP contribution in [-0.4, -0.2) is 87.2 Å². The molecule has 11 heteroatoms. The molecule has 0 aromatic heterocycles. The van der Waals surface area contributed by atoms with E-state index in [1.807, 2.05) is 0 Å². The van der Waals surface area contributed by atoms with E-state index in [9.17, 15) is 39.6 Å². The fourth-order valence-electron chi connectivity index (χ4n) is 5.67. The Morgan fingerprint density at radius 3 is 2.35 bits per heavy atom. The minimum atomic E-state index is -2.94. The molecule has 1 aromatic rings. The number of nitrogens with zero attached hydrogens (tertiary/aromatic N) is 1. The number of aromatic hydroxyl groups is 1. The van der Waals surface area contributed by atoms with Crippen LogP contribution in [0.25, 0.3) is 0 Å². The molecule has 2 aliphatic rings. The van der Waals surface area contributed by atoms with Gasteiger partial charge >= 0.3 is 5.97 Å². The number of rotatable bonds is 8. The Morgan fingerprint density at radius 1 is 1.22 bits per heavy atom. The Labute approximate surface area is 214 Å². The molecular formula is C26H34N2O9. The van der Waals surface area contributed by atoms with E-state index in [0.717, 1.165) is 6.92 Å². The van der Waals surface area contributed by atoms with Crippen LogP contribution in [0.4, 0.5) is 0 Å². The van der Waals surface area contributed by atoms with Gasteiger partial charge < -0.3 is 35.8 Å². The topological polar surface area (TPSA) is 188 Å². The van der Waals surface area contributed by atoms with Gasteiger partial charge in [0.05, 0.1) is 24.0 Å². The van der Waals surface area contributed by atoms with Crippen molar-refractivity contribution >= 4 is 23.4 Å². The number of Topliss-reactive ketones (excluding diaryl/α,β-unsaturated/α-hetero) is 2. The number of carbonyl (C=O) groups is 4. The number of hydrogen-bond acceptors (Lipinski definition) is 10. The molecular weight excluding hydrogens is 484 g/mol. The fourth-order valence-corrected chi connectivity index (χ4v) is 5.67. The van der Waals surface area contributed by atoms with Gasteiger partial charge in [-0.25, -0.2) is 0 Å². The van der Waals surface area contributed by atoms with Gasteiger partial charge in [0, 0.05) is 24.0 Å². The third kappa shape index (κ3) is 4.30. The normalized spacial score (nSPS) is 28.8. The number of phenols is 1. The lowest BCUT2D eigenvalue weighted by Gasteiger charge is -2.52. The van der Waals surface area contributed by atoms with Crippen molar-refractivity contribution in [2.45, 2.75) is 50.9 Å². The molecule has 0 fully saturated rings. The Hall–Kier alpha value is -3.28. The van der Waals surface area contributed by atoms with Gasteiger partial charge in [0.2, 0.25) is 5.91 Å². The average Bonchev–Trinajstić information content (AvgIpc) is 2.85. The maximum atomic E-state index is 13.7. The molecule has 0 aliphatic heterocycles. The first-order valence-corrected chi connectivity index (χ1v) is 12.1. The number of aliphatic hydroxyl groups excluding tert-OH is 2. The molecule has 2 aliphatic carbocycles. The molecule has 1 amide bonds. The molecule has 1 aromatic carbocycles. The molecule has 0 bridgehead atoms. The number of hydrogen-bond donors (Lipinski definition) is 5. The molecule has 0 radical (unpaired) electrons. The Kier molecular flexibility index (Phi) is 7.83. The Balaban J connectivity index is 2.46. The molecule has 11 nitrogen and oxygen atoms in total. The second-order valence-electron chi connectivity index (χ2n) is 9.95. The zero-order valence-corrected chi connectivity index (χ0v) is 21.5. The van der Waals surface area contributed by atoms with Crippen molar-refractivity contribution < 1.29 is 44.3 Å². The third-order valence-electron chi connectivity index (χ3n) is 7.73. The van der Waals surface area contributed by atoms with Gasteiger partial charge in [-0.15, -0.1) is 0 Å². The van der Waals surface area contributed by atoms with Crippen LogP contribution >= 0.6 is 0 Å². The zero-order valence-electron chi connectivity index (χ0n) is 21.5. The first-order chi connectivity index (χ1) is 17.2. The summed E-state index contributed by atoms with van der Waals surface area (Å²) in [7, 11) is 3.11. The van der Waals surface area contributed by atoms with E-state index in [4.69, 9.17) is 10.5 Å². The summed E-state index contributed by atoms with van der Waals surface area (Å²) >= 11 is 0. The Bertz CT molecular complexity index is 1160. The molecule has 0 spiro atoms. The van der Waals surface area contributed by atoms with Gasteiger partial charge in [-0.3, -0.25) is 19.2 Å². The highest BCUT2D eigenvalue weighted by Crippen LogP contribution is 2.54. The highest BCUT2D eigenvalue weighted by molar-refractivity contribution is 6.15. The van der Waals surface area contributed by atoms with Crippen molar-refractivity contribution in [2.24, 2.45) is 23.5 Å². The van der Waals surface area contributed by atoms with Gasteiger partial charge in [0.25, 0.3) is 0 Å². The first-order valence-electron chi connectivity index (χ1n) is 12.1. The third-order valence-corrected chi connectivity index (χ3v) is 7.73. The summed E-state index contributed by atoms with van der Waals surface area (Å²) in [5.74, 6) is -10.0. The van der Waals surface area contributed by atoms with E-state index in [2.05, 4.69) is 0 Å². The molecule has 0 saturated heterocycles. The molecule has 6 N–H and O–H groups in total. The summed E-state index contributed by atoms with van der Waals surface area (Å²) in [6.45, 7) is 3.76. The quantitative estimate of drug-likeness (QED) is 0.238. The van der Waals surface area contributed by atoms with Gasteiger partial charge in [-0.2, -0.15) is 0 Å². The van der Waals surface area contributed by atoms with Crippen molar-refractivity contribution in [3.63, 3.8) is 0 Å². The molecule has 202 valence electrons. The monoisotopic (exact) mass is 518 g/mol. The number of benzene rings is 1. The number of amides is 1. The van der Waals surface area contributed by atoms with E-state index in [-0.39, 0.29) is 17.7 Å². The van der Waals surface area contributed by atoms with E-state index < -0.39 is 82.8 Å². The van der Waals surface area contributed by atoms with E-state index in [1.54, 1.807) is 40.1 Å². The lowest BCUT2D eigenvalue weighted by molar-refractivity contribution is -0.183. The predicted octanol–water partition coefficient (Wildman–Crippen LogP) is 0.416. The Morgan fingerprint density at radius 2 is 1.84 bits per heavy atom. The van der Waals surface area contributed by atoms with Crippen LogP contribution in [0.1, 0.15) is 49.0 Å². The molecule has 3 rings (SSSR count). The summed E-state index contributed by atoms with van der Waals surface area (Å²) in [6.07, 6.45) is -1.46. The van der Waals surface area contributed by atoms with E-state index in [1.165, 1.54) is 11.0 Å². The van der Waals surface area contributed by atoms with Crippen molar-refractivity contribution in [1.82, 2.24) is 4.90 Å². The van der Waals surface area contributed by atoms with Crippen LogP contribution in [-0.2, 0) is 19.1 Å². The minimum absolute atomic E-state index is 0.0729. The second-order valence-corrected chi connectivity index (χ2v) is 9.95. The smallest absolute Gasteiger partial charge is 0.305 e. The van der Waals surface area contributed by atoms with Crippen molar-refractivity contribution in [1.29, 1.82) is 0 Å². The number of likely N-dealkylation sites (N-methyl/N-ethyl adjacent to an activating group) is 1. The van der Waals surface area contributed by atoms with Crippen LogP contribution < -0.4 is 5.73 Å². The van der Waals surface area contributed by atoms with Crippen LogP contribution in [0.15, 0.2) is 29.5 Å². The summed E-state index contributed by atoms with van der Waals surface area (Å²) in [5, 5.41) is 44.4. The first kappa shape index (κ1) is 28.3. The maximum Gasteiger partial charge on any atom is 0.305 e. The van der Waals surface area contributed by atoms with E-state index >= 15 is 0 Å². The van der Waals surface area contributed by atoms with Gasteiger partial charge in [-0.1, -0.05) is 26.0 Å².